The van der Waals surface area contributed by atoms with Crippen molar-refractivity contribution < 1.29 is 14.3 Å². The largest absolute Gasteiger partial charge is 0.478 e. The number of amides is 1. The van der Waals surface area contributed by atoms with Gasteiger partial charge in [-0.3, -0.25) is 9.69 Å². The first kappa shape index (κ1) is 19.8. The lowest BCUT2D eigenvalue weighted by molar-refractivity contribution is -0.127. The maximum atomic E-state index is 12.4. The molecule has 1 atom stereocenters. The van der Waals surface area contributed by atoms with E-state index in [9.17, 15) is 4.79 Å². The summed E-state index contributed by atoms with van der Waals surface area (Å²) < 4.78 is 10.4. The first-order chi connectivity index (χ1) is 13.2. The summed E-state index contributed by atoms with van der Waals surface area (Å²) >= 11 is 0. The number of carbonyl (C=O) groups is 1. The fraction of sp³-hybridized carbons (Fsp3) is 0.737. The zero-order chi connectivity index (χ0) is 19.1. The Morgan fingerprint density at radius 1 is 1.19 bits per heavy atom. The van der Waals surface area contributed by atoms with Crippen molar-refractivity contribution in [1.29, 1.82) is 0 Å². The van der Waals surface area contributed by atoms with Gasteiger partial charge in [-0.1, -0.05) is 0 Å². The molecule has 0 aliphatic carbocycles. The standard InChI is InChI=1S/C19H31N5O3/c1-26-13-9-21-18(25)15-4-3-10-24(14-15)16-5-11-23(12-6-16)17-19(27-2)22-8-7-20-17/h7-8,15-16H,3-6,9-14H2,1-2H3,(H,21,25). The smallest absolute Gasteiger partial charge is 0.257 e. The Kier molecular flexibility index (Phi) is 7.23. The summed E-state index contributed by atoms with van der Waals surface area (Å²) in [4.78, 5) is 25.8. The van der Waals surface area contributed by atoms with Gasteiger partial charge in [-0.25, -0.2) is 9.97 Å². The van der Waals surface area contributed by atoms with Crippen LogP contribution in [0.25, 0.3) is 0 Å². The quantitative estimate of drug-likeness (QED) is 0.708. The molecule has 0 radical (unpaired) electrons. The number of piperidine rings is 2. The molecular formula is C19H31N5O3. The maximum Gasteiger partial charge on any atom is 0.257 e. The topological polar surface area (TPSA) is 79.8 Å². The van der Waals surface area contributed by atoms with Gasteiger partial charge in [-0.15, -0.1) is 0 Å². The molecular weight excluding hydrogens is 346 g/mol. The number of nitrogens with zero attached hydrogens (tertiary/aromatic N) is 4. The van der Waals surface area contributed by atoms with Gasteiger partial charge >= 0.3 is 0 Å². The molecule has 8 heteroatoms. The molecule has 1 aromatic rings. The first-order valence-electron chi connectivity index (χ1n) is 9.83. The van der Waals surface area contributed by atoms with Gasteiger partial charge in [-0.2, -0.15) is 0 Å². The van der Waals surface area contributed by atoms with Crippen molar-refractivity contribution in [2.45, 2.75) is 31.7 Å². The third-order valence-corrected chi connectivity index (χ3v) is 5.55. The molecule has 2 saturated heterocycles. The zero-order valence-corrected chi connectivity index (χ0v) is 16.4. The number of methoxy groups -OCH3 is 2. The van der Waals surface area contributed by atoms with E-state index in [1.54, 1.807) is 26.6 Å². The second-order valence-electron chi connectivity index (χ2n) is 7.23. The Bertz CT molecular complexity index is 607. The maximum absolute atomic E-state index is 12.4. The van der Waals surface area contributed by atoms with E-state index < -0.39 is 0 Å². The van der Waals surface area contributed by atoms with E-state index in [0.717, 1.165) is 57.7 Å². The van der Waals surface area contributed by atoms with E-state index in [0.29, 0.717) is 25.1 Å². The van der Waals surface area contributed by atoms with Crippen LogP contribution in [-0.2, 0) is 9.53 Å². The van der Waals surface area contributed by atoms with Crippen LogP contribution in [0.5, 0.6) is 5.88 Å². The third kappa shape index (κ3) is 5.07. The minimum Gasteiger partial charge on any atom is -0.478 e. The fourth-order valence-corrected chi connectivity index (χ4v) is 4.09. The van der Waals surface area contributed by atoms with E-state index in [-0.39, 0.29) is 11.8 Å². The number of ether oxygens (including phenoxy) is 2. The van der Waals surface area contributed by atoms with Gasteiger partial charge < -0.3 is 19.7 Å². The van der Waals surface area contributed by atoms with Crippen molar-refractivity contribution in [2.24, 2.45) is 5.92 Å². The van der Waals surface area contributed by atoms with E-state index >= 15 is 0 Å². The molecule has 3 rings (SSSR count). The SMILES string of the molecule is COCCNC(=O)C1CCCN(C2CCN(c3nccnc3OC)CC2)C1. The minimum atomic E-state index is 0.0914. The number of hydrogen-bond acceptors (Lipinski definition) is 7. The Hall–Kier alpha value is -1.93. The van der Waals surface area contributed by atoms with Crippen LogP contribution >= 0.6 is 0 Å². The number of rotatable bonds is 7. The highest BCUT2D eigenvalue weighted by atomic mass is 16.5. The van der Waals surface area contributed by atoms with Crippen molar-refractivity contribution >= 4 is 11.7 Å². The molecule has 1 amide bonds. The van der Waals surface area contributed by atoms with Crippen LogP contribution in [0.1, 0.15) is 25.7 Å². The summed E-state index contributed by atoms with van der Waals surface area (Å²) in [5.41, 5.74) is 0. The molecule has 0 spiro atoms. The molecule has 1 N–H and O–H groups in total. The molecule has 2 fully saturated rings. The second kappa shape index (κ2) is 9.85. The van der Waals surface area contributed by atoms with Crippen LogP contribution in [0.2, 0.25) is 0 Å². The van der Waals surface area contributed by atoms with Crippen LogP contribution < -0.4 is 15.0 Å². The Morgan fingerprint density at radius 3 is 2.70 bits per heavy atom. The van der Waals surface area contributed by atoms with Crippen LogP contribution in [-0.4, -0.2) is 80.4 Å². The van der Waals surface area contributed by atoms with E-state index in [4.69, 9.17) is 9.47 Å². The van der Waals surface area contributed by atoms with Crippen molar-refractivity contribution in [1.82, 2.24) is 20.2 Å². The predicted octanol–water partition coefficient (Wildman–Crippen LogP) is 0.929. The van der Waals surface area contributed by atoms with Gasteiger partial charge in [0, 0.05) is 51.7 Å². The van der Waals surface area contributed by atoms with Crippen LogP contribution in [0.3, 0.4) is 0 Å². The van der Waals surface area contributed by atoms with Crippen molar-refractivity contribution in [3.05, 3.63) is 12.4 Å². The van der Waals surface area contributed by atoms with Crippen molar-refractivity contribution in [2.75, 3.05) is 58.5 Å². The molecule has 150 valence electrons. The second-order valence-corrected chi connectivity index (χ2v) is 7.23. The average Bonchev–Trinajstić information content (AvgIpc) is 2.74. The molecule has 8 nitrogen and oxygen atoms in total. The fourth-order valence-electron chi connectivity index (χ4n) is 4.09. The Labute approximate surface area is 161 Å². The van der Waals surface area contributed by atoms with Crippen LogP contribution in [0, 0.1) is 5.92 Å². The first-order valence-corrected chi connectivity index (χ1v) is 9.83. The number of hydrogen-bond donors (Lipinski definition) is 1. The highest BCUT2D eigenvalue weighted by Gasteiger charge is 2.32. The molecule has 0 bridgehead atoms. The number of carbonyl (C=O) groups excluding carboxylic acids is 1. The number of nitrogens with one attached hydrogen (secondary N) is 1. The lowest BCUT2D eigenvalue weighted by Gasteiger charge is -2.42. The predicted molar refractivity (Wildman–Crippen MR) is 103 cm³/mol. The molecule has 27 heavy (non-hydrogen) atoms. The van der Waals surface area contributed by atoms with E-state index in [2.05, 4.69) is 25.1 Å². The summed E-state index contributed by atoms with van der Waals surface area (Å²) in [6, 6.07) is 0.526. The molecule has 2 aliphatic heterocycles. The number of aromatic nitrogens is 2. The lowest BCUT2D eigenvalue weighted by Crippen LogP contribution is -2.51. The summed E-state index contributed by atoms with van der Waals surface area (Å²) in [7, 11) is 3.28. The molecule has 2 aliphatic rings. The van der Waals surface area contributed by atoms with Crippen LogP contribution in [0.4, 0.5) is 5.82 Å². The van der Waals surface area contributed by atoms with Gasteiger partial charge in [0.2, 0.25) is 5.91 Å². The van der Waals surface area contributed by atoms with Crippen LogP contribution in [0.15, 0.2) is 12.4 Å². The van der Waals surface area contributed by atoms with Gasteiger partial charge in [0.1, 0.15) is 0 Å². The Balaban J connectivity index is 1.51. The molecule has 0 saturated carbocycles. The monoisotopic (exact) mass is 377 g/mol. The average molecular weight is 377 g/mol. The molecule has 0 aromatic carbocycles. The molecule has 3 heterocycles. The lowest BCUT2D eigenvalue weighted by atomic mass is 9.93. The summed E-state index contributed by atoms with van der Waals surface area (Å²) in [5.74, 6) is 1.67. The highest BCUT2D eigenvalue weighted by Crippen LogP contribution is 2.28. The van der Waals surface area contributed by atoms with Gasteiger partial charge in [0.25, 0.3) is 5.88 Å². The minimum absolute atomic E-state index is 0.0914. The van der Waals surface area contributed by atoms with Crippen molar-refractivity contribution in [3.63, 3.8) is 0 Å². The summed E-state index contributed by atoms with van der Waals surface area (Å²) in [6.07, 6.45) is 7.56. The molecule has 1 unspecified atom stereocenters. The van der Waals surface area contributed by atoms with Gasteiger partial charge in [0.15, 0.2) is 5.82 Å². The van der Waals surface area contributed by atoms with E-state index in [1.165, 1.54) is 0 Å². The highest BCUT2D eigenvalue weighted by molar-refractivity contribution is 5.78. The zero-order valence-electron chi connectivity index (χ0n) is 16.4. The Morgan fingerprint density at radius 2 is 1.96 bits per heavy atom. The summed E-state index contributed by atoms with van der Waals surface area (Å²) in [5, 5.41) is 2.99. The third-order valence-electron chi connectivity index (χ3n) is 5.55. The number of anilines is 1. The normalized spacial score (nSPS) is 21.9. The van der Waals surface area contributed by atoms with Gasteiger partial charge in [0.05, 0.1) is 19.6 Å². The molecule has 1 aromatic heterocycles. The van der Waals surface area contributed by atoms with Crippen molar-refractivity contribution in [3.8, 4) is 5.88 Å². The van der Waals surface area contributed by atoms with Gasteiger partial charge in [-0.05, 0) is 32.2 Å². The summed E-state index contributed by atoms with van der Waals surface area (Å²) in [6.45, 7) is 4.96. The number of likely N-dealkylation sites (tertiary alicyclic amines) is 1. The van der Waals surface area contributed by atoms with E-state index in [1.807, 2.05) is 0 Å².